The minimum Gasteiger partial charge on any atom is -0.481 e. The molecule has 5 nitrogen and oxygen atoms in total. The van der Waals surface area contributed by atoms with Crippen molar-refractivity contribution in [1.29, 1.82) is 0 Å². The quantitative estimate of drug-likeness (QED) is 0.865. The second-order valence-corrected chi connectivity index (χ2v) is 5.42. The molecule has 2 rings (SSSR count). The van der Waals surface area contributed by atoms with E-state index in [0.717, 1.165) is 18.8 Å². The second-order valence-electron chi connectivity index (χ2n) is 5.42. The fourth-order valence-corrected chi connectivity index (χ4v) is 2.31. The fourth-order valence-electron chi connectivity index (χ4n) is 2.31. The molecule has 1 amide bonds. The molecule has 0 saturated heterocycles. The van der Waals surface area contributed by atoms with Gasteiger partial charge in [-0.15, -0.1) is 0 Å². The van der Waals surface area contributed by atoms with Gasteiger partial charge in [0.05, 0.1) is 6.42 Å². The van der Waals surface area contributed by atoms with E-state index in [4.69, 9.17) is 5.11 Å². The Kier molecular flexibility index (Phi) is 4.39. The van der Waals surface area contributed by atoms with Crippen molar-refractivity contribution in [1.82, 2.24) is 4.90 Å². The van der Waals surface area contributed by atoms with Gasteiger partial charge in [0.2, 0.25) is 5.91 Å². The number of benzene rings is 1. The molecule has 1 aliphatic heterocycles. The van der Waals surface area contributed by atoms with Crippen molar-refractivity contribution in [2.75, 3.05) is 5.32 Å². The van der Waals surface area contributed by atoms with Gasteiger partial charge in [0.25, 0.3) is 0 Å². The first kappa shape index (κ1) is 14.5. The van der Waals surface area contributed by atoms with Gasteiger partial charge in [0.1, 0.15) is 0 Å². The lowest BCUT2D eigenvalue weighted by atomic mass is 10.1. The van der Waals surface area contributed by atoms with Gasteiger partial charge in [-0.05, 0) is 37.1 Å². The van der Waals surface area contributed by atoms with Crippen molar-refractivity contribution in [2.24, 2.45) is 0 Å². The van der Waals surface area contributed by atoms with Crippen LogP contribution < -0.4 is 5.32 Å². The average molecular weight is 276 g/mol. The van der Waals surface area contributed by atoms with Crippen LogP contribution in [0.1, 0.15) is 37.8 Å². The van der Waals surface area contributed by atoms with E-state index in [1.54, 1.807) is 0 Å². The molecule has 108 valence electrons. The van der Waals surface area contributed by atoms with Crippen LogP contribution in [0.3, 0.4) is 0 Å². The van der Waals surface area contributed by atoms with Crippen LogP contribution in [0.5, 0.6) is 0 Å². The summed E-state index contributed by atoms with van der Waals surface area (Å²) in [5.41, 5.74) is 3.27. The summed E-state index contributed by atoms with van der Waals surface area (Å²) in [4.78, 5) is 24.4. The minimum atomic E-state index is -0.957. The molecule has 20 heavy (non-hydrogen) atoms. The second kappa shape index (κ2) is 6.05. The number of nitrogens with zero attached hydrogens (tertiary/aromatic N) is 1. The Morgan fingerprint density at radius 1 is 1.25 bits per heavy atom. The number of rotatable bonds is 5. The summed E-state index contributed by atoms with van der Waals surface area (Å²) in [6.45, 7) is 6.17. The maximum absolute atomic E-state index is 11.6. The Labute approximate surface area is 118 Å². The third-order valence-corrected chi connectivity index (χ3v) is 3.53. The largest absolute Gasteiger partial charge is 0.481 e. The predicted octanol–water partition coefficient (Wildman–Crippen LogP) is 2.21. The number of nitrogens with one attached hydrogen (secondary N) is 1. The zero-order valence-electron chi connectivity index (χ0n) is 11.8. The van der Waals surface area contributed by atoms with Crippen LogP contribution in [0.4, 0.5) is 5.69 Å². The van der Waals surface area contributed by atoms with Crippen molar-refractivity contribution >= 4 is 17.6 Å². The van der Waals surface area contributed by atoms with Gasteiger partial charge < -0.3 is 10.4 Å². The molecule has 0 fully saturated rings. The van der Waals surface area contributed by atoms with Crippen molar-refractivity contribution in [3.63, 3.8) is 0 Å². The van der Waals surface area contributed by atoms with E-state index in [9.17, 15) is 9.59 Å². The smallest absolute Gasteiger partial charge is 0.303 e. The first-order chi connectivity index (χ1) is 9.45. The number of hydrogen-bond donors (Lipinski definition) is 2. The normalized spacial score (nSPS) is 14.3. The van der Waals surface area contributed by atoms with Crippen LogP contribution in [0.2, 0.25) is 0 Å². The number of anilines is 1. The molecule has 1 aromatic rings. The van der Waals surface area contributed by atoms with Crippen LogP contribution in [0.15, 0.2) is 18.2 Å². The SMILES string of the molecule is CC(C)N1Cc2ccc(NC(=O)CCC(=O)O)cc2C1. The highest BCUT2D eigenvalue weighted by atomic mass is 16.4. The number of aliphatic carboxylic acids is 1. The van der Waals surface area contributed by atoms with E-state index in [0.29, 0.717) is 6.04 Å². The van der Waals surface area contributed by atoms with E-state index >= 15 is 0 Å². The molecule has 1 aromatic carbocycles. The van der Waals surface area contributed by atoms with Crippen molar-refractivity contribution in [3.8, 4) is 0 Å². The number of hydrogen-bond acceptors (Lipinski definition) is 3. The summed E-state index contributed by atoms with van der Waals surface area (Å²) < 4.78 is 0. The first-order valence-electron chi connectivity index (χ1n) is 6.83. The Bertz CT molecular complexity index is 526. The molecule has 0 bridgehead atoms. The molecule has 5 heteroatoms. The molecule has 0 unspecified atom stereocenters. The van der Waals surface area contributed by atoms with Gasteiger partial charge in [-0.1, -0.05) is 6.07 Å². The zero-order valence-corrected chi connectivity index (χ0v) is 11.8. The van der Waals surface area contributed by atoms with Crippen molar-refractivity contribution in [3.05, 3.63) is 29.3 Å². The molecule has 1 heterocycles. The Morgan fingerprint density at radius 3 is 2.60 bits per heavy atom. The molecule has 0 radical (unpaired) electrons. The summed E-state index contributed by atoms with van der Waals surface area (Å²) in [6.07, 6.45) is -0.136. The van der Waals surface area contributed by atoms with Gasteiger partial charge in [-0.2, -0.15) is 0 Å². The zero-order chi connectivity index (χ0) is 14.7. The van der Waals surface area contributed by atoms with E-state index < -0.39 is 5.97 Å². The minimum absolute atomic E-state index is 0.00450. The Balaban J connectivity index is 1.97. The molecule has 1 aliphatic rings. The van der Waals surface area contributed by atoms with Gasteiger partial charge in [0.15, 0.2) is 0 Å². The number of carboxylic acid groups (broad SMARTS) is 1. The molecule has 0 aliphatic carbocycles. The number of carbonyl (C=O) groups excluding carboxylic acids is 1. The summed E-state index contributed by atoms with van der Waals surface area (Å²) in [7, 11) is 0. The molecular formula is C15H20N2O3. The highest BCUT2D eigenvalue weighted by Crippen LogP contribution is 2.27. The summed E-state index contributed by atoms with van der Waals surface area (Å²) >= 11 is 0. The van der Waals surface area contributed by atoms with E-state index in [1.807, 2.05) is 18.2 Å². The number of carbonyl (C=O) groups is 2. The molecule has 0 saturated carbocycles. The topological polar surface area (TPSA) is 69.6 Å². The maximum atomic E-state index is 11.6. The Hall–Kier alpha value is -1.88. The lowest BCUT2D eigenvalue weighted by Gasteiger charge is -2.18. The number of fused-ring (bicyclic) bond motifs is 1. The van der Waals surface area contributed by atoms with Crippen molar-refractivity contribution < 1.29 is 14.7 Å². The highest BCUT2D eigenvalue weighted by molar-refractivity contribution is 5.92. The molecular weight excluding hydrogens is 256 g/mol. The number of amides is 1. The molecule has 2 N–H and O–H groups in total. The van der Waals surface area contributed by atoms with Gasteiger partial charge in [-0.3, -0.25) is 14.5 Å². The van der Waals surface area contributed by atoms with Crippen LogP contribution in [0, 0.1) is 0 Å². The Morgan fingerprint density at radius 2 is 1.95 bits per heavy atom. The fraction of sp³-hybridized carbons (Fsp3) is 0.467. The lowest BCUT2D eigenvalue weighted by molar-refractivity contribution is -0.138. The summed E-state index contributed by atoms with van der Waals surface area (Å²) in [5.74, 6) is -1.22. The molecule has 0 atom stereocenters. The van der Waals surface area contributed by atoms with E-state index in [1.165, 1.54) is 11.1 Å². The molecule has 0 aromatic heterocycles. The number of carboxylic acids is 1. The average Bonchev–Trinajstić information content (AvgIpc) is 2.79. The van der Waals surface area contributed by atoms with Gasteiger partial charge >= 0.3 is 5.97 Å². The van der Waals surface area contributed by atoms with Crippen LogP contribution in [0.25, 0.3) is 0 Å². The summed E-state index contributed by atoms with van der Waals surface area (Å²) in [6, 6.07) is 6.39. The monoisotopic (exact) mass is 276 g/mol. The standard InChI is InChI=1S/C15H20N2O3/c1-10(2)17-8-11-3-4-13(7-12(11)9-17)16-14(18)5-6-15(19)20/h3-4,7,10H,5-6,8-9H2,1-2H3,(H,16,18)(H,19,20). The summed E-state index contributed by atoms with van der Waals surface area (Å²) in [5, 5.41) is 11.3. The first-order valence-corrected chi connectivity index (χ1v) is 6.83. The van der Waals surface area contributed by atoms with Gasteiger partial charge in [0, 0.05) is 31.2 Å². The van der Waals surface area contributed by atoms with Gasteiger partial charge in [-0.25, -0.2) is 0 Å². The van der Waals surface area contributed by atoms with E-state index in [-0.39, 0.29) is 18.7 Å². The van der Waals surface area contributed by atoms with Crippen LogP contribution in [-0.4, -0.2) is 27.9 Å². The van der Waals surface area contributed by atoms with Crippen LogP contribution >= 0.6 is 0 Å². The predicted molar refractivity (Wildman–Crippen MR) is 76.3 cm³/mol. The highest BCUT2D eigenvalue weighted by Gasteiger charge is 2.21. The maximum Gasteiger partial charge on any atom is 0.303 e. The third-order valence-electron chi connectivity index (χ3n) is 3.53. The lowest BCUT2D eigenvalue weighted by Crippen LogP contribution is -2.24. The third kappa shape index (κ3) is 3.57. The van der Waals surface area contributed by atoms with E-state index in [2.05, 4.69) is 24.1 Å². The molecule has 0 spiro atoms. The van der Waals surface area contributed by atoms with Crippen molar-refractivity contribution in [2.45, 2.75) is 45.8 Å². The van der Waals surface area contributed by atoms with Crippen LogP contribution in [-0.2, 0) is 22.7 Å².